The Morgan fingerprint density at radius 1 is 1.14 bits per heavy atom. The Hall–Kier alpha value is -0.520. The average molecular weight is 287 g/mol. The highest BCUT2D eigenvalue weighted by Crippen LogP contribution is 2.62. The zero-order chi connectivity index (χ0) is 15.3. The Morgan fingerprint density at radius 3 is 2.62 bits per heavy atom. The van der Waals surface area contributed by atoms with Crippen LogP contribution in [0, 0.1) is 28.6 Å². The van der Waals surface area contributed by atoms with Crippen LogP contribution in [0.25, 0.3) is 0 Å². The molecule has 0 N–H and O–H groups in total. The van der Waals surface area contributed by atoms with Gasteiger partial charge in [0.05, 0.1) is 0 Å². The van der Waals surface area contributed by atoms with Gasteiger partial charge >= 0.3 is 0 Å². The van der Waals surface area contributed by atoms with Crippen molar-refractivity contribution < 1.29 is 0 Å². The van der Waals surface area contributed by atoms with Crippen LogP contribution in [0.3, 0.4) is 0 Å². The van der Waals surface area contributed by atoms with Gasteiger partial charge in [0.1, 0.15) is 0 Å². The smallest absolute Gasteiger partial charge is 0.00790 e. The van der Waals surface area contributed by atoms with Crippen molar-refractivity contribution in [2.24, 2.45) is 28.6 Å². The second kappa shape index (κ2) is 5.28. The average Bonchev–Trinajstić information content (AvgIpc) is 2.42. The molecule has 0 aromatic heterocycles. The summed E-state index contributed by atoms with van der Waals surface area (Å²) in [6.07, 6.45) is 13.5. The van der Waals surface area contributed by atoms with E-state index in [1.807, 2.05) is 0 Å². The zero-order valence-corrected chi connectivity index (χ0v) is 14.7. The van der Waals surface area contributed by atoms with Crippen molar-refractivity contribution in [1.82, 2.24) is 0 Å². The van der Waals surface area contributed by atoms with Crippen molar-refractivity contribution in [3.05, 3.63) is 23.8 Å². The lowest BCUT2D eigenvalue weighted by Crippen LogP contribution is -2.49. The van der Waals surface area contributed by atoms with Gasteiger partial charge in [0.25, 0.3) is 0 Å². The van der Waals surface area contributed by atoms with E-state index in [0.717, 1.165) is 17.8 Å². The first-order chi connectivity index (χ1) is 9.88. The molecule has 0 nitrogen and oxygen atoms in total. The van der Waals surface area contributed by atoms with E-state index in [4.69, 9.17) is 0 Å². The van der Waals surface area contributed by atoms with Gasteiger partial charge in [0, 0.05) is 0 Å². The van der Waals surface area contributed by atoms with Gasteiger partial charge in [-0.05, 0) is 73.5 Å². The predicted molar refractivity (Wildman–Crippen MR) is 92.2 cm³/mol. The molecule has 0 saturated heterocycles. The molecule has 3 rings (SSSR count). The van der Waals surface area contributed by atoms with E-state index >= 15 is 0 Å². The molecule has 0 aromatic carbocycles. The van der Waals surface area contributed by atoms with E-state index in [0.29, 0.717) is 10.8 Å². The van der Waals surface area contributed by atoms with E-state index in [-0.39, 0.29) is 0 Å². The summed E-state index contributed by atoms with van der Waals surface area (Å²) in [5, 5.41) is 0. The second-order valence-electron chi connectivity index (χ2n) is 8.98. The minimum absolute atomic E-state index is 0.493. The van der Waals surface area contributed by atoms with Crippen LogP contribution < -0.4 is 0 Å². The van der Waals surface area contributed by atoms with Crippen molar-refractivity contribution in [2.45, 2.75) is 79.1 Å². The molecule has 0 heteroatoms. The molecule has 0 heterocycles. The monoisotopic (exact) mass is 286 g/mol. The minimum atomic E-state index is 0.493. The van der Waals surface area contributed by atoms with E-state index in [9.17, 15) is 0 Å². The lowest BCUT2D eigenvalue weighted by molar-refractivity contribution is -0.0464. The highest BCUT2D eigenvalue weighted by atomic mass is 14.6. The molecule has 0 aromatic rings. The maximum Gasteiger partial charge on any atom is -0.00790 e. The third-order valence-corrected chi connectivity index (χ3v) is 7.38. The molecule has 3 aliphatic carbocycles. The largest absolute Gasteiger partial charge is 0.0958 e. The third-order valence-electron chi connectivity index (χ3n) is 7.38. The summed E-state index contributed by atoms with van der Waals surface area (Å²) in [7, 11) is 0. The van der Waals surface area contributed by atoms with Crippen LogP contribution in [-0.4, -0.2) is 0 Å². The second-order valence-corrected chi connectivity index (χ2v) is 8.98. The summed E-state index contributed by atoms with van der Waals surface area (Å²) < 4.78 is 0. The van der Waals surface area contributed by atoms with Gasteiger partial charge in [-0.15, -0.1) is 0 Å². The maximum absolute atomic E-state index is 4.23. The van der Waals surface area contributed by atoms with Gasteiger partial charge in [0.15, 0.2) is 0 Å². The van der Waals surface area contributed by atoms with Crippen molar-refractivity contribution in [3.63, 3.8) is 0 Å². The Labute approximate surface area is 132 Å². The van der Waals surface area contributed by atoms with E-state index < -0.39 is 0 Å². The normalized spacial score (nSPS) is 42.0. The Balaban J connectivity index is 1.93. The molecule has 118 valence electrons. The number of hydrogen-bond donors (Lipinski definition) is 0. The summed E-state index contributed by atoms with van der Waals surface area (Å²) in [4.78, 5) is 0. The highest BCUT2D eigenvalue weighted by molar-refractivity contribution is 5.33. The summed E-state index contributed by atoms with van der Waals surface area (Å²) in [5.41, 5.74) is 4.18. The molecule has 0 aliphatic heterocycles. The molecule has 4 atom stereocenters. The highest BCUT2D eigenvalue weighted by Gasteiger charge is 2.53. The fourth-order valence-electron chi connectivity index (χ4n) is 6.06. The van der Waals surface area contributed by atoms with Crippen LogP contribution in [0.4, 0.5) is 0 Å². The third kappa shape index (κ3) is 2.43. The number of fused-ring (bicyclic) bond motifs is 3. The molecular formula is C21H34. The van der Waals surface area contributed by atoms with Crippen LogP contribution in [0.1, 0.15) is 79.1 Å². The van der Waals surface area contributed by atoms with Crippen LogP contribution in [0.5, 0.6) is 0 Å². The quantitative estimate of drug-likeness (QED) is 0.541. The van der Waals surface area contributed by atoms with Gasteiger partial charge in [0.2, 0.25) is 0 Å². The van der Waals surface area contributed by atoms with Gasteiger partial charge in [-0.25, -0.2) is 0 Å². The lowest BCUT2D eigenvalue weighted by Gasteiger charge is -2.58. The van der Waals surface area contributed by atoms with Gasteiger partial charge < -0.3 is 0 Å². The molecule has 21 heavy (non-hydrogen) atoms. The molecule has 0 radical (unpaired) electrons. The molecule has 0 amide bonds. The van der Waals surface area contributed by atoms with E-state index in [1.165, 1.54) is 56.9 Å². The van der Waals surface area contributed by atoms with Crippen molar-refractivity contribution in [3.8, 4) is 0 Å². The summed E-state index contributed by atoms with van der Waals surface area (Å²) in [5.74, 6) is 2.86. The Bertz CT molecular complexity index is 453. The summed E-state index contributed by atoms with van der Waals surface area (Å²) in [6, 6.07) is 0. The maximum atomic E-state index is 4.23. The van der Waals surface area contributed by atoms with Crippen molar-refractivity contribution in [2.75, 3.05) is 0 Å². The zero-order valence-electron chi connectivity index (χ0n) is 14.7. The molecule has 2 fully saturated rings. The van der Waals surface area contributed by atoms with Crippen molar-refractivity contribution in [1.29, 1.82) is 0 Å². The van der Waals surface area contributed by atoms with Gasteiger partial charge in [-0.1, -0.05) is 57.9 Å². The van der Waals surface area contributed by atoms with Crippen LogP contribution in [0.15, 0.2) is 23.8 Å². The molecule has 4 unspecified atom stereocenters. The fourth-order valence-corrected chi connectivity index (χ4v) is 6.06. The minimum Gasteiger partial charge on any atom is -0.0958 e. The molecular weight excluding hydrogens is 252 g/mol. The first kappa shape index (κ1) is 15.4. The molecule has 2 saturated carbocycles. The Kier molecular flexibility index (Phi) is 3.87. The molecule has 3 aliphatic rings. The van der Waals surface area contributed by atoms with Crippen LogP contribution >= 0.6 is 0 Å². The first-order valence-corrected chi connectivity index (χ1v) is 9.27. The van der Waals surface area contributed by atoms with Gasteiger partial charge in [-0.2, -0.15) is 0 Å². The topological polar surface area (TPSA) is 0 Å². The fraction of sp³-hybridized carbons (Fsp3) is 0.810. The molecule has 0 spiro atoms. The SMILES string of the molecule is C=C1C=C2CCC3C(CCC)C(C)(C)CCC3C2(C)CC1. The van der Waals surface area contributed by atoms with E-state index in [2.05, 4.69) is 40.3 Å². The standard InChI is InChI=1S/C21H34/c1-6-7-18-17-9-8-16-14-15(2)10-13-21(16,5)19(17)11-12-20(18,3)4/h14,17-19H,2,6-13H2,1,3-5H3. The van der Waals surface area contributed by atoms with Crippen molar-refractivity contribution >= 4 is 0 Å². The predicted octanol–water partition coefficient (Wildman–Crippen LogP) is 6.53. The first-order valence-electron chi connectivity index (χ1n) is 9.27. The molecule has 0 bridgehead atoms. The lowest BCUT2D eigenvalue weighted by atomic mass is 9.46. The van der Waals surface area contributed by atoms with Gasteiger partial charge in [-0.3, -0.25) is 0 Å². The Morgan fingerprint density at radius 2 is 1.90 bits per heavy atom. The van der Waals surface area contributed by atoms with E-state index in [1.54, 1.807) is 5.57 Å². The summed E-state index contributed by atoms with van der Waals surface area (Å²) in [6.45, 7) is 14.3. The van der Waals surface area contributed by atoms with Crippen LogP contribution in [-0.2, 0) is 0 Å². The number of rotatable bonds is 2. The number of allylic oxidation sites excluding steroid dienone is 3. The number of hydrogen-bond acceptors (Lipinski definition) is 0. The summed E-state index contributed by atoms with van der Waals surface area (Å²) >= 11 is 0. The van der Waals surface area contributed by atoms with Crippen LogP contribution in [0.2, 0.25) is 0 Å².